The van der Waals surface area contributed by atoms with E-state index in [4.69, 9.17) is 17.3 Å². The van der Waals surface area contributed by atoms with Crippen LogP contribution in [0.5, 0.6) is 0 Å². The largest absolute Gasteiger partial charge is 0.416 e. The van der Waals surface area contributed by atoms with Gasteiger partial charge in [0.25, 0.3) is 0 Å². The van der Waals surface area contributed by atoms with E-state index >= 15 is 0 Å². The Morgan fingerprint density at radius 1 is 0.947 bits per heavy atom. The molecule has 0 aliphatic heterocycles. The molecule has 0 fully saturated rings. The highest BCUT2D eigenvalue weighted by molar-refractivity contribution is 6.33. The molecule has 6 heteroatoms. The van der Waals surface area contributed by atoms with E-state index in [1.807, 2.05) is 0 Å². The third kappa shape index (κ3) is 2.81. The molecule has 2 N–H and O–H groups in total. The first-order valence-electron chi connectivity index (χ1n) is 5.21. The van der Waals surface area contributed by atoms with Crippen LogP contribution in [0, 0.1) is 5.82 Å². The molecule has 0 spiro atoms. The van der Waals surface area contributed by atoms with Gasteiger partial charge in [0.2, 0.25) is 0 Å². The number of nitrogen functional groups attached to an aromatic ring is 1. The summed E-state index contributed by atoms with van der Waals surface area (Å²) in [4.78, 5) is 0. The molecule has 0 atom stereocenters. The van der Waals surface area contributed by atoms with Crippen molar-refractivity contribution in [1.29, 1.82) is 0 Å². The lowest BCUT2D eigenvalue weighted by Gasteiger charge is -2.12. The smallest absolute Gasteiger partial charge is 0.398 e. The Morgan fingerprint density at radius 3 is 2.11 bits per heavy atom. The van der Waals surface area contributed by atoms with E-state index in [0.29, 0.717) is 11.1 Å². The minimum absolute atomic E-state index is 0.0664. The number of benzene rings is 2. The van der Waals surface area contributed by atoms with Gasteiger partial charge in [0, 0.05) is 16.8 Å². The Hall–Kier alpha value is -1.75. The molecule has 19 heavy (non-hydrogen) atoms. The van der Waals surface area contributed by atoms with Crippen molar-refractivity contribution in [3.8, 4) is 11.1 Å². The molecule has 2 aromatic carbocycles. The summed E-state index contributed by atoms with van der Waals surface area (Å²) in [6, 6.07) is 6.57. The van der Waals surface area contributed by atoms with Crippen molar-refractivity contribution in [1.82, 2.24) is 0 Å². The summed E-state index contributed by atoms with van der Waals surface area (Å²) in [5.74, 6) is -0.528. The first-order valence-corrected chi connectivity index (χ1v) is 5.59. The van der Waals surface area contributed by atoms with Crippen LogP contribution in [-0.4, -0.2) is 0 Å². The summed E-state index contributed by atoms with van der Waals surface area (Å²) < 4.78 is 50.4. The lowest BCUT2D eigenvalue weighted by atomic mass is 10.0. The van der Waals surface area contributed by atoms with Gasteiger partial charge in [-0.1, -0.05) is 17.7 Å². The molecule has 0 saturated heterocycles. The Bertz CT molecular complexity index is 623. The maximum atomic E-state index is 12.9. The molecule has 100 valence electrons. The van der Waals surface area contributed by atoms with Crippen molar-refractivity contribution in [2.24, 2.45) is 0 Å². The van der Waals surface area contributed by atoms with Crippen LogP contribution in [0.25, 0.3) is 11.1 Å². The fourth-order valence-corrected chi connectivity index (χ4v) is 1.96. The van der Waals surface area contributed by atoms with E-state index in [0.717, 1.165) is 18.2 Å². The fourth-order valence-electron chi connectivity index (χ4n) is 1.69. The van der Waals surface area contributed by atoms with Gasteiger partial charge in [-0.2, -0.15) is 13.2 Å². The average Bonchev–Trinajstić information content (AvgIpc) is 2.28. The Labute approximate surface area is 111 Å². The number of nitrogens with two attached hydrogens (primary N) is 1. The fraction of sp³-hybridized carbons (Fsp3) is 0.0769. The van der Waals surface area contributed by atoms with Crippen LogP contribution in [0.4, 0.5) is 23.2 Å². The summed E-state index contributed by atoms with van der Waals surface area (Å²) in [5, 5.41) is 0.0893. The van der Waals surface area contributed by atoms with Gasteiger partial charge < -0.3 is 5.73 Å². The van der Waals surface area contributed by atoms with Crippen LogP contribution < -0.4 is 5.73 Å². The number of hydrogen-bond acceptors (Lipinski definition) is 1. The Kier molecular flexibility index (Phi) is 3.41. The van der Waals surface area contributed by atoms with Crippen molar-refractivity contribution in [2.45, 2.75) is 6.18 Å². The summed E-state index contributed by atoms with van der Waals surface area (Å²) in [6.45, 7) is 0. The van der Waals surface area contributed by atoms with Gasteiger partial charge in [-0.25, -0.2) is 4.39 Å². The second-order valence-corrected chi connectivity index (χ2v) is 4.33. The van der Waals surface area contributed by atoms with E-state index in [-0.39, 0.29) is 10.7 Å². The van der Waals surface area contributed by atoms with Crippen LogP contribution in [-0.2, 0) is 6.18 Å². The molecule has 0 radical (unpaired) electrons. The van der Waals surface area contributed by atoms with E-state index in [1.54, 1.807) is 0 Å². The molecule has 0 saturated carbocycles. The summed E-state index contributed by atoms with van der Waals surface area (Å²) >= 11 is 5.85. The lowest BCUT2D eigenvalue weighted by Crippen LogP contribution is -2.06. The predicted molar refractivity (Wildman–Crippen MR) is 66.3 cm³/mol. The molecular weight excluding hydrogens is 282 g/mol. The van der Waals surface area contributed by atoms with Gasteiger partial charge in [0.05, 0.1) is 10.6 Å². The summed E-state index contributed by atoms with van der Waals surface area (Å²) in [5.41, 5.74) is 5.41. The zero-order chi connectivity index (χ0) is 14.2. The second kappa shape index (κ2) is 4.74. The monoisotopic (exact) mass is 289 g/mol. The number of hydrogen-bond donors (Lipinski definition) is 1. The van der Waals surface area contributed by atoms with Gasteiger partial charge in [-0.05, 0) is 30.3 Å². The van der Waals surface area contributed by atoms with Crippen LogP contribution in [0.15, 0.2) is 36.4 Å². The predicted octanol–water partition coefficient (Wildman–Crippen LogP) is 4.75. The van der Waals surface area contributed by atoms with E-state index in [1.165, 1.54) is 18.2 Å². The second-order valence-electron chi connectivity index (χ2n) is 3.92. The molecule has 2 aromatic rings. The van der Waals surface area contributed by atoms with Gasteiger partial charge in [-0.3, -0.25) is 0 Å². The average molecular weight is 290 g/mol. The highest BCUT2D eigenvalue weighted by atomic mass is 35.5. The molecular formula is C13H8ClF4N. The summed E-state index contributed by atoms with van der Waals surface area (Å²) in [6.07, 6.45) is -4.46. The van der Waals surface area contributed by atoms with Gasteiger partial charge in [-0.15, -0.1) is 0 Å². The zero-order valence-corrected chi connectivity index (χ0v) is 10.2. The maximum Gasteiger partial charge on any atom is 0.416 e. The quantitative estimate of drug-likeness (QED) is 0.595. The minimum Gasteiger partial charge on any atom is -0.398 e. The molecule has 2 rings (SSSR count). The number of anilines is 1. The number of halogens is 5. The van der Waals surface area contributed by atoms with Crippen molar-refractivity contribution < 1.29 is 17.6 Å². The topological polar surface area (TPSA) is 26.0 Å². The Balaban J connectivity index is 2.52. The maximum absolute atomic E-state index is 12.9. The lowest BCUT2D eigenvalue weighted by molar-refractivity contribution is -0.137. The molecule has 0 aliphatic rings. The van der Waals surface area contributed by atoms with Crippen molar-refractivity contribution in [2.75, 3.05) is 5.73 Å². The molecule has 0 amide bonds. The highest BCUT2D eigenvalue weighted by Crippen LogP contribution is 2.37. The van der Waals surface area contributed by atoms with E-state index < -0.39 is 17.6 Å². The van der Waals surface area contributed by atoms with Crippen LogP contribution in [0.1, 0.15) is 5.56 Å². The van der Waals surface area contributed by atoms with Gasteiger partial charge in [0.1, 0.15) is 5.82 Å². The molecule has 0 bridgehead atoms. The van der Waals surface area contributed by atoms with Crippen molar-refractivity contribution in [3.05, 3.63) is 52.8 Å². The number of rotatable bonds is 1. The standard InChI is InChI=1S/C13H8ClF4N/c14-11-6-8(15)2-4-9(11)10-3-1-7(5-12(10)19)13(16,17)18/h1-6H,19H2. The normalized spacial score (nSPS) is 11.6. The molecule has 0 unspecified atom stereocenters. The van der Waals surface area contributed by atoms with Crippen LogP contribution in [0.3, 0.4) is 0 Å². The first-order chi connectivity index (χ1) is 8.79. The highest BCUT2D eigenvalue weighted by Gasteiger charge is 2.30. The van der Waals surface area contributed by atoms with Crippen molar-refractivity contribution in [3.63, 3.8) is 0 Å². The Morgan fingerprint density at radius 2 is 1.58 bits per heavy atom. The molecule has 0 heterocycles. The van der Waals surface area contributed by atoms with E-state index in [2.05, 4.69) is 0 Å². The van der Waals surface area contributed by atoms with Gasteiger partial charge in [0.15, 0.2) is 0 Å². The third-order valence-corrected chi connectivity index (χ3v) is 2.91. The molecule has 0 aromatic heterocycles. The number of alkyl halides is 3. The van der Waals surface area contributed by atoms with Crippen molar-refractivity contribution >= 4 is 17.3 Å². The SMILES string of the molecule is Nc1cc(C(F)(F)F)ccc1-c1ccc(F)cc1Cl. The molecule has 0 aliphatic carbocycles. The minimum atomic E-state index is -4.46. The van der Waals surface area contributed by atoms with Gasteiger partial charge >= 0.3 is 6.18 Å². The van der Waals surface area contributed by atoms with E-state index in [9.17, 15) is 17.6 Å². The van der Waals surface area contributed by atoms with Crippen LogP contribution in [0.2, 0.25) is 5.02 Å². The third-order valence-electron chi connectivity index (χ3n) is 2.60. The molecule has 1 nitrogen and oxygen atoms in total. The zero-order valence-electron chi connectivity index (χ0n) is 9.43. The summed E-state index contributed by atoms with van der Waals surface area (Å²) in [7, 11) is 0. The first kappa shape index (κ1) is 13.7. The van der Waals surface area contributed by atoms with Crippen LogP contribution >= 0.6 is 11.6 Å².